The van der Waals surface area contributed by atoms with Crippen molar-refractivity contribution in [2.75, 3.05) is 0 Å². The molecule has 0 amide bonds. The van der Waals surface area contributed by atoms with Gasteiger partial charge in [-0.25, -0.2) is 0 Å². The molecule has 4 aliphatic carbocycles. The molecule has 0 saturated heterocycles. The van der Waals surface area contributed by atoms with Crippen molar-refractivity contribution in [3.05, 3.63) is 0 Å². The Morgan fingerprint density at radius 2 is 1.86 bits per heavy atom. The molecule has 0 bridgehead atoms. The van der Waals surface area contributed by atoms with Crippen molar-refractivity contribution in [2.45, 2.75) is 90.8 Å². The van der Waals surface area contributed by atoms with E-state index in [1.165, 1.54) is 0 Å². The zero-order valence-corrected chi connectivity index (χ0v) is 18.1. The zero-order valence-electron chi connectivity index (χ0n) is 18.1. The molecule has 4 saturated carbocycles. The first-order valence-corrected chi connectivity index (χ1v) is 11.7. The predicted octanol–water partition coefficient (Wildman–Crippen LogP) is 3.66. The molecular formula is C24H38O5. The van der Waals surface area contributed by atoms with E-state index in [-0.39, 0.29) is 58.9 Å². The molecule has 4 rings (SSSR count). The number of ketones is 1. The first-order valence-electron chi connectivity index (χ1n) is 11.7. The Morgan fingerprint density at radius 1 is 1.14 bits per heavy atom. The van der Waals surface area contributed by atoms with E-state index in [0.717, 1.165) is 32.1 Å². The van der Waals surface area contributed by atoms with Crippen LogP contribution < -0.4 is 0 Å². The lowest BCUT2D eigenvalue weighted by Gasteiger charge is -2.61. The van der Waals surface area contributed by atoms with Crippen LogP contribution in [0, 0.1) is 46.3 Å². The van der Waals surface area contributed by atoms with E-state index >= 15 is 0 Å². The highest BCUT2D eigenvalue weighted by atomic mass is 16.4. The topological polar surface area (TPSA) is 94.8 Å². The number of carboxylic acids is 1. The minimum atomic E-state index is -0.762. The molecule has 164 valence electrons. The van der Waals surface area contributed by atoms with Crippen molar-refractivity contribution < 1.29 is 24.9 Å². The Bertz CT molecular complexity index is 676. The third-order valence-corrected chi connectivity index (χ3v) is 10.1. The minimum absolute atomic E-state index is 0.0246. The Labute approximate surface area is 174 Å². The van der Waals surface area contributed by atoms with Gasteiger partial charge in [0.1, 0.15) is 5.78 Å². The summed E-state index contributed by atoms with van der Waals surface area (Å²) < 4.78 is 0. The van der Waals surface area contributed by atoms with Crippen LogP contribution in [0.3, 0.4) is 0 Å². The van der Waals surface area contributed by atoms with E-state index in [9.17, 15) is 19.8 Å². The summed E-state index contributed by atoms with van der Waals surface area (Å²) in [6, 6.07) is 0. The van der Waals surface area contributed by atoms with Gasteiger partial charge in [0.05, 0.1) is 12.2 Å². The molecule has 0 unspecified atom stereocenters. The van der Waals surface area contributed by atoms with Gasteiger partial charge in [-0.3, -0.25) is 9.59 Å². The van der Waals surface area contributed by atoms with Gasteiger partial charge in [0.2, 0.25) is 0 Å². The SMILES string of the molecule is C[C@H](CCC(=O)O)[C@H]1CC[C@H]2[C@@H]3C(=O)C[C@H]4C[C@H](O)CC[C@]4(C)[C@H]3C[C@H](O)[C@@]12C. The smallest absolute Gasteiger partial charge is 0.303 e. The summed E-state index contributed by atoms with van der Waals surface area (Å²) in [4.78, 5) is 24.4. The lowest BCUT2D eigenvalue weighted by Crippen LogP contribution is -2.61. The van der Waals surface area contributed by atoms with Crippen molar-refractivity contribution in [2.24, 2.45) is 46.3 Å². The molecule has 4 fully saturated rings. The molecule has 0 aromatic rings. The number of carbonyl (C=O) groups excluding carboxylic acids is 1. The Kier molecular flexibility index (Phi) is 5.39. The van der Waals surface area contributed by atoms with Crippen LogP contribution in [0.1, 0.15) is 78.6 Å². The van der Waals surface area contributed by atoms with Crippen LogP contribution in [0.5, 0.6) is 0 Å². The van der Waals surface area contributed by atoms with E-state index in [4.69, 9.17) is 5.11 Å². The van der Waals surface area contributed by atoms with Crippen LogP contribution in [0.25, 0.3) is 0 Å². The van der Waals surface area contributed by atoms with E-state index in [1.807, 2.05) is 0 Å². The van der Waals surface area contributed by atoms with Gasteiger partial charge in [-0.2, -0.15) is 0 Å². The Hall–Kier alpha value is -0.940. The standard InChI is InChI=1S/C24H38O5/c1-13(4-7-21(28)29)16-5-6-17-22-18(12-20(27)24(16,17)3)23(2)9-8-15(25)10-14(23)11-19(22)26/h13-18,20,22,25,27H,4-12H2,1-3H3,(H,28,29)/t13-,14-,15-,16-,17+,18+,20+,22+,23+,24+/m1/s1. The fourth-order valence-electron chi connectivity index (χ4n) is 8.40. The molecule has 0 aromatic carbocycles. The van der Waals surface area contributed by atoms with Crippen molar-refractivity contribution in [3.8, 4) is 0 Å². The third-order valence-electron chi connectivity index (χ3n) is 10.1. The maximum atomic E-state index is 13.4. The number of aliphatic carboxylic acids is 1. The molecular weight excluding hydrogens is 368 g/mol. The molecule has 0 heterocycles. The van der Waals surface area contributed by atoms with Crippen LogP contribution >= 0.6 is 0 Å². The van der Waals surface area contributed by atoms with Crippen molar-refractivity contribution in [3.63, 3.8) is 0 Å². The van der Waals surface area contributed by atoms with Gasteiger partial charge in [-0.1, -0.05) is 20.8 Å². The van der Waals surface area contributed by atoms with Crippen LogP contribution in [-0.4, -0.2) is 39.3 Å². The van der Waals surface area contributed by atoms with Crippen LogP contribution in [0.15, 0.2) is 0 Å². The van der Waals surface area contributed by atoms with E-state index in [2.05, 4.69) is 20.8 Å². The lowest BCUT2D eigenvalue weighted by atomic mass is 9.43. The number of Topliss-reactive ketones (excluding diaryl/α,β-unsaturated/α-hetero) is 1. The van der Waals surface area contributed by atoms with Crippen LogP contribution in [0.4, 0.5) is 0 Å². The number of carbonyl (C=O) groups is 2. The van der Waals surface area contributed by atoms with Gasteiger partial charge < -0.3 is 15.3 Å². The normalized spacial score (nSPS) is 50.4. The Balaban J connectivity index is 1.62. The highest BCUT2D eigenvalue weighted by Crippen LogP contribution is 2.67. The molecule has 3 N–H and O–H groups in total. The fourth-order valence-corrected chi connectivity index (χ4v) is 8.40. The van der Waals surface area contributed by atoms with Crippen LogP contribution in [-0.2, 0) is 9.59 Å². The highest BCUT2D eigenvalue weighted by Gasteiger charge is 2.65. The summed E-state index contributed by atoms with van der Waals surface area (Å²) in [5, 5.41) is 30.7. The summed E-state index contributed by atoms with van der Waals surface area (Å²) in [6.45, 7) is 6.62. The first-order chi connectivity index (χ1) is 13.6. The number of fused-ring (bicyclic) bond motifs is 5. The number of hydrogen-bond donors (Lipinski definition) is 3. The molecule has 29 heavy (non-hydrogen) atoms. The van der Waals surface area contributed by atoms with Gasteiger partial charge >= 0.3 is 5.97 Å². The van der Waals surface area contributed by atoms with Gasteiger partial charge in [-0.05, 0) is 80.0 Å². The molecule has 0 aliphatic heterocycles. The molecule has 0 radical (unpaired) electrons. The van der Waals surface area contributed by atoms with Crippen molar-refractivity contribution in [1.29, 1.82) is 0 Å². The van der Waals surface area contributed by atoms with Crippen LogP contribution in [0.2, 0.25) is 0 Å². The fraction of sp³-hybridized carbons (Fsp3) is 0.917. The second-order valence-corrected chi connectivity index (χ2v) is 11.3. The zero-order chi connectivity index (χ0) is 21.1. The van der Waals surface area contributed by atoms with Gasteiger partial charge in [0.25, 0.3) is 0 Å². The van der Waals surface area contributed by atoms with Gasteiger partial charge in [0.15, 0.2) is 0 Å². The third kappa shape index (κ3) is 3.18. The second kappa shape index (κ2) is 7.33. The molecule has 0 aromatic heterocycles. The molecule has 5 heteroatoms. The quantitative estimate of drug-likeness (QED) is 0.662. The number of carboxylic acid groups (broad SMARTS) is 1. The van der Waals surface area contributed by atoms with Crippen molar-refractivity contribution >= 4 is 11.8 Å². The molecule has 5 nitrogen and oxygen atoms in total. The first kappa shape index (κ1) is 21.3. The van der Waals surface area contributed by atoms with E-state index in [0.29, 0.717) is 25.0 Å². The molecule has 10 atom stereocenters. The number of aliphatic hydroxyl groups is 2. The maximum Gasteiger partial charge on any atom is 0.303 e. The largest absolute Gasteiger partial charge is 0.481 e. The highest BCUT2D eigenvalue weighted by molar-refractivity contribution is 5.83. The summed E-state index contributed by atoms with van der Waals surface area (Å²) in [5.41, 5.74) is -0.265. The summed E-state index contributed by atoms with van der Waals surface area (Å²) in [6.07, 6.45) is 5.74. The van der Waals surface area contributed by atoms with Crippen molar-refractivity contribution in [1.82, 2.24) is 0 Å². The number of rotatable bonds is 4. The minimum Gasteiger partial charge on any atom is -0.481 e. The maximum absolute atomic E-state index is 13.4. The summed E-state index contributed by atoms with van der Waals surface area (Å²) >= 11 is 0. The summed E-state index contributed by atoms with van der Waals surface area (Å²) in [7, 11) is 0. The molecule has 4 aliphatic rings. The Morgan fingerprint density at radius 3 is 2.55 bits per heavy atom. The average molecular weight is 407 g/mol. The second-order valence-electron chi connectivity index (χ2n) is 11.3. The molecule has 0 spiro atoms. The number of hydrogen-bond acceptors (Lipinski definition) is 4. The monoisotopic (exact) mass is 406 g/mol. The lowest BCUT2D eigenvalue weighted by molar-refractivity contribution is -0.182. The van der Waals surface area contributed by atoms with Gasteiger partial charge in [-0.15, -0.1) is 0 Å². The average Bonchev–Trinajstić information content (AvgIpc) is 3.01. The number of aliphatic hydroxyl groups excluding tert-OH is 2. The predicted molar refractivity (Wildman–Crippen MR) is 109 cm³/mol. The van der Waals surface area contributed by atoms with E-state index in [1.54, 1.807) is 0 Å². The summed E-state index contributed by atoms with van der Waals surface area (Å²) in [5.74, 6) is 0.775. The van der Waals surface area contributed by atoms with E-state index < -0.39 is 12.1 Å². The van der Waals surface area contributed by atoms with Gasteiger partial charge in [0, 0.05) is 24.2 Å².